The minimum absolute atomic E-state index is 0.197. The van der Waals surface area contributed by atoms with Crippen LogP contribution in [0.5, 0.6) is 0 Å². The van der Waals surface area contributed by atoms with E-state index in [0.717, 1.165) is 37.3 Å². The summed E-state index contributed by atoms with van der Waals surface area (Å²) in [6.45, 7) is 1.70. The Bertz CT molecular complexity index is 415. The summed E-state index contributed by atoms with van der Waals surface area (Å²) in [5.74, 6) is -0.197. The summed E-state index contributed by atoms with van der Waals surface area (Å²) in [6, 6.07) is 3.39. The van der Waals surface area contributed by atoms with E-state index in [4.69, 9.17) is 11.6 Å². The average molecular weight is 227 g/mol. The van der Waals surface area contributed by atoms with Crippen LogP contribution in [-0.2, 0) is 4.87 Å². The molecule has 0 amide bonds. The van der Waals surface area contributed by atoms with Crippen LogP contribution >= 0.6 is 11.6 Å². The van der Waals surface area contributed by atoms with Gasteiger partial charge < -0.3 is 10.6 Å². The zero-order valence-corrected chi connectivity index (χ0v) is 8.99. The number of alkyl halides is 1. The first kappa shape index (κ1) is 9.28. The monoisotopic (exact) mass is 226 g/mol. The summed E-state index contributed by atoms with van der Waals surface area (Å²) in [6.07, 6.45) is 1.75. The molecule has 1 saturated carbocycles. The van der Waals surface area contributed by atoms with E-state index in [1.807, 2.05) is 6.07 Å². The van der Waals surface area contributed by atoms with Gasteiger partial charge in [0.2, 0.25) is 0 Å². The Morgan fingerprint density at radius 2 is 1.73 bits per heavy atom. The Labute approximate surface area is 92.8 Å². The number of benzene rings is 1. The molecule has 15 heavy (non-hydrogen) atoms. The molecule has 0 saturated heterocycles. The first-order chi connectivity index (χ1) is 7.19. The molecule has 0 aromatic heterocycles. The first-order valence-corrected chi connectivity index (χ1v) is 5.57. The highest BCUT2D eigenvalue weighted by atomic mass is 35.5. The molecule has 1 heterocycles. The number of fused-ring (bicyclic) bond motifs is 1. The van der Waals surface area contributed by atoms with Crippen molar-refractivity contribution in [1.29, 1.82) is 0 Å². The minimum atomic E-state index is -0.432. The molecule has 0 bridgehead atoms. The fraction of sp³-hybridized carbons (Fsp3) is 0.455. The second kappa shape index (κ2) is 3.01. The average Bonchev–Trinajstić information content (AvgIpc) is 2.96. The first-order valence-electron chi connectivity index (χ1n) is 5.20. The molecule has 4 heteroatoms. The van der Waals surface area contributed by atoms with Crippen LogP contribution in [0.1, 0.15) is 18.4 Å². The van der Waals surface area contributed by atoms with Crippen molar-refractivity contribution < 1.29 is 4.39 Å². The lowest BCUT2D eigenvalue weighted by Gasteiger charge is -2.22. The maximum atomic E-state index is 13.8. The number of anilines is 2. The van der Waals surface area contributed by atoms with Crippen molar-refractivity contribution >= 4 is 23.0 Å². The smallest absolute Gasteiger partial charge is 0.130 e. The van der Waals surface area contributed by atoms with E-state index in [2.05, 4.69) is 10.6 Å². The van der Waals surface area contributed by atoms with Crippen molar-refractivity contribution in [1.82, 2.24) is 0 Å². The molecule has 1 aromatic carbocycles. The SMILES string of the molecule is Fc1cc2c(cc1C1(Cl)CC1)NCCN2. The zero-order valence-electron chi connectivity index (χ0n) is 8.24. The second-order valence-electron chi connectivity index (χ2n) is 4.20. The van der Waals surface area contributed by atoms with Crippen molar-refractivity contribution in [3.8, 4) is 0 Å². The molecule has 1 aliphatic carbocycles. The highest BCUT2D eigenvalue weighted by Gasteiger charge is 2.44. The quantitative estimate of drug-likeness (QED) is 0.720. The molecule has 1 fully saturated rings. The van der Waals surface area contributed by atoms with Gasteiger partial charge in [-0.15, -0.1) is 11.6 Å². The van der Waals surface area contributed by atoms with Gasteiger partial charge in [0.05, 0.1) is 16.2 Å². The largest absolute Gasteiger partial charge is 0.382 e. The maximum absolute atomic E-state index is 13.8. The van der Waals surface area contributed by atoms with Gasteiger partial charge in [-0.2, -0.15) is 0 Å². The molecule has 2 aliphatic rings. The van der Waals surface area contributed by atoms with Crippen LogP contribution in [0.25, 0.3) is 0 Å². The number of hydrogen-bond donors (Lipinski definition) is 2. The van der Waals surface area contributed by atoms with Crippen LogP contribution < -0.4 is 10.6 Å². The summed E-state index contributed by atoms with van der Waals surface area (Å²) < 4.78 is 13.8. The van der Waals surface area contributed by atoms with Gasteiger partial charge in [0.25, 0.3) is 0 Å². The third kappa shape index (κ3) is 1.46. The lowest BCUT2D eigenvalue weighted by Crippen LogP contribution is -2.21. The second-order valence-corrected chi connectivity index (χ2v) is 4.92. The Kier molecular flexibility index (Phi) is 1.87. The van der Waals surface area contributed by atoms with E-state index in [1.165, 1.54) is 0 Å². The topological polar surface area (TPSA) is 24.1 Å². The third-order valence-electron chi connectivity index (χ3n) is 3.03. The standard InChI is InChI=1S/C11H12ClFN2/c12-11(1-2-11)7-5-9-10(6-8(7)13)15-4-3-14-9/h5-6,14-15H,1-4H2. The Morgan fingerprint density at radius 3 is 2.33 bits per heavy atom. The van der Waals surface area contributed by atoms with Crippen molar-refractivity contribution in [2.24, 2.45) is 0 Å². The van der Waals surface area contributed by atoms with Crippen LogP contribution in [-0.4, -0.2) is 13.1 Å². The Hall–Kier alpha value is -0.960. The number of rotatable bonds is 1. The molecule has 80 valence electrons. The summed E-state index contributed by atoms with van der Waals surface area (Å²) in [5, 5.41) is 6.40. The van der Waals surface area contributed by atoms with E-state index in [1.54, 1.807) is 6.07 Å². The molecule has 0 radical (unpaired) electrons. The fourth-order valence-electron chi connectivity index (χ4n) is 1.98. The summed E-state index contributed by atoms with van der Waals surface area (Å²) in [7, 11) is 0. The van der Waals surface area contributed by atoms with E-state index in [-0.39, 0.29) is 5.82 Å². The molecule has 3 rings (SSSR count). The van der Waals surface area contributed by atoms with Gasteiger partial charge in [0, 0.05) is 18.7 Å². The van der Waals surface area contributed by atoms with E-state index < -0.39 is 4.87 Å². The maximum Gasteiger partial charge on any atom is 0.130 e. The molecular weight excluding hydrogens is 215 g/mol. The zero-order chi connectivity index (χ0) is 10.5. The van der Waals surface area contributed by atoms with Crippen LogP contribution in [0.15, 0.2) is 12.1 Å². The van der Waals surface area contributed by atoms with Gasteiger partial charge in [-0.3, -0.25) is 0 Å². The summed E-state index contributed by atoms with van der Waals surface area (Å²) >= 11 is 6.23. The van der Waals surface area contributed by atoms with Gasteiger partial charge in [0.1, 0.15) is 5.82 Å². The number of nitrogens with one attached hydrogen (secondary N) is 2. The van der Waals surface area contributed by atoms with Crippen LogP contribution in [0, 0.1) is 5.82 Å². The lowest BCUT2D eigenvalue weighted by atomic mass is 10.1. The lowest BCUT2D eigenvalue weighted by molar-refractivity contribution is 0.606. The van der Waals surface area contributed by atoms with E-state index >= 15 is 0 Å². The van der Waals surface area contributed by atoms with Gasteiger partial charge in [0.15, 0.2) is 0 Å². The molecule has 0 spiro atoms. The predicted octanol–water partition coefficient (Wildman–Crippen LogP) is 2.89. The van der Waals surface area contributed by atoms with Crippen molar-refractivity contribution in [3.63, 3.8) is 0 Å². The van der Waals surface area contributed by atoms with Crippen LogP contribution in [0.2, 0.25) is 0 Å². The predicted molar refractivity (Wildman–Crippen MR) is 60.1 cm³/mol. The van der Waals surface area contributed by atoms with E-state index in [0.29, 0.717) is 5.56 Å². The van der Waals surface area contributed by atoms with Gasteiger partial charge >= 0.3 is 0 Å². The Balaban J connectivity index is 2.08. The van der Waals surface area contributed by atoms with Gasteiger partial charge in [-0.1, -0.05) is 0 Å². The molecular formula is C11H12ClFN2. The number of halogens is 2. The molecule has 1 aliphatic heterocycles. The molecule has 0 unspecified atom stereocenters. The normalized spacial score (nSPS) is 21.2. The highest BCUT2D eigenvalue weighted by Crippen LogP contribution is 2.53. The highest BCUT2D eigenvalue weighted by molar-refractivity contribution is 6.26. The Morgan fingerprint density at radius 1 is 1.13 bits per heavy atom. The summed E-state index contributed by atoms with van der Waals surface area (Å²) in [4.78, 5) is -0.432. The number of hydrogen-bond acceptors (Lipinski definition) is 2. The molecule has 2 N–H and O–H groups in total. The third-order valence-corrected chi connectivity index (χ3v) is 3.62. The van der Waals surface area contributed by atoms with Crippen molar-refractivity contribution in [2.75, 3.05) is 23.7 Å². The van der Waals surface area contributed by atoms with Crippen LogP contribution in [0.3, 0.4) is 0 Å². The summed E-state index contributed by atoms with van der Waals surface area (Å²) in [5.41, 5.74) is 2.44. The van der Waals surface area contributed by atoms with Crippen molar-refractivity contribution in [3.05, 3.63) is 23.5 Å². The molecule has 0 atom stereocenters. The van der Waals surface area contributed by atoms with Gasteiger partial charge in [-0.25, -0.2) is 4.39 Å². The van der Waals surface area contributed by atoms with Crippen LogP contribution in [0.4, 0.5) is 15.8 Å². The fourth-order valence-corrected chi connectivity index (χ4v) is 2.22. The van der Waals surface area contributed by atoms with Crippen molar-refractivity contribution in [2.45, 2.75) is 17.7 Å². The molecule has 1 aromatic rings. The van der Waals surface area contributed by atoms with Gasteiger partial charge in [-0.05, 0) is 25.0 Å². The molecule has 2 nitrogen and oxygen atoms in total. The minimum Gasteiger partial charge on any atom is -0.382 e. The van der Waals surface area contributed by atoms with E-state index in [9.17, 15) is 4.39 Å².